The lowest BCUT2D eigenvalue weighted by Crippen LogP contribution is -2.26. The van der Waals surface area contributed by atoms with Crippen LogP contribution in [0.4, 0.5) is 0 Å². The van der Waals surface area contributed by atoms with E-state index in [0.717, 1.165) is 22.0 Å². The summed E-state index contributed by atoms with van der Waals surface area (Å²) in [7, 11) is 0. The fourth-order valence-electron chi connectivity index (χ4n) is 2.46. The highest BCUT2D eigenvalue weighted by atomic mass is 32.2. The largest absolute Gasteiger partial charge is 0.351 e. The van der Waals surface area contributed by atoms with Crippen LogP contribution in [0.5, 0.6) is 0 Å². The van der Waals surface area contributed by atoms with E-state index in [1.165, 1.54) is 10.5 Å². The van der Waals surface area contributed by atoms with E-state index < -0.39 is 0 Å². The minimum atomic E-state index is -0.00479. The molecule has 0 fully saturated rings. The monoisotopic (exact) mass is 379 g/mol. The molecule has 3 aromatic rings. The van der Waals surface area contributed by atoms with Gasteiger partial charge >= 0.3 is 0 Å². The average Bonchev–Trinajstić information content (AvgIpc) is 2.71. The van der Waals surface area contributed by atoms with Crippen molar-refractivity contribution >= 4 is 29.4 Å². The molecule has 0 aliphatic heterocycles. The minimum Gasteiger partial charge on any atom is -0.351 e. The van der Waals surface area contributed by atoms with Crippen LogP contribution in [0, 0.1) is 0 Å². The molecule has 26 heavy (non-hydrogen) atoms. The molecule has 4 heteroatoms. The first kappa shape index (κ1) is 18.6. The summed E-state index contributed by atoms with van der Waals surface area (Å²) in [6, 6.07) is 28.4. The van der Waals surface area contributed by atoms with Gasteiger partial charge in [-0.05, 0) is 29.8 Å². The third-order valence-electron chi connectivity index (χ3n) is 3.77. The van der Waals surface area contributed by atoms with Gasteiger partial charge in [0.05, 0.1) is 5.56 Å². The molecule has 1 N–H and O–H groups in total. The molecule has 0 radical (unpaired) electrons. The van der Waals surface area contributed by atoms with Crippen LogP contribution in [0.2, 0.25) is 0 Å². The van der Waals surface area contributed by atoms with Gasteiger partial charge in [-0.2, -0.15) is 0 Å². The Morgan fingerprint density at radius 1 is 0.769 bits per heavy atom. The van der Waals surface area contributed by atoms with Gasteiger partial charge in [0, 0.05) is 27.8 Å². The molecule has 0 saturated heterocycles. The number of benzene rings is 3. The van der Waals surface area contributed by atoms with Crippen molar-refractivity contribution in [1.29, 1.82) is 0 Å². The maximum atomic E-state index is 12.6. The first-order chi connectivity index (χ1) is 12.8. The normalized spacial score (nSPS) is 10.5. The maximum absolute atomic E-state index is 12.6. The first-order valence-electron chi connectivity index (χ1n) is 8.55. The topological polar surface area (TPSA) is 29.1 Å². The van der Waals surface area contributed by atoms with Crippen LogP contribution < -0.4 is 5.32 Å². The Morgan fingerprint density at radius 3 is 2.19 bits per heavy atom. The lowest BCUT2D eigenvalue weighted by atomic mass is 10.2. The van der Waals surface area contributed by atoms with E-state index in [0.29, 0.717) is 6.54 Å². The Labute approximate surface area is 163 Å². The van der Waals surface area contributed by atoms with Crippen LogP contribution in [0.15, 0.2) is 94.7 Å². The zero-order valence-electron chi connectivity index (χ0n) is 14.4. The number of hydrogen-bond donors (Lipinski definition) is 1. The molecule has 132 valence electrons. The third kappa shape index (κ3) is 5.68. The van der Waals surface area contributed by atoms with E-state index in [-0.39, 0.29) is 5.91 Å². The molecule has 0 atom stereocenters. The molecular weight excluding hydrogens is 358 g/mol. The Kier molecular flexibility index (Phi) is 7.23. The second-order valence-corrected chi connectivity index (χ2v) is 7.87. The molecule has 0 bridgehead atoms. The molecule has 0 aromatic heterocycles. The molecule has 0 aliphatic rings. The van der Waals surface area contributed by atoms with Crippen LogP contribution >= 0.6 is 23.5 Å². The van der Waals surface area contributed by atoms with Crippen molar-refractivity contribution in [3.05, 3.63) is 96.1 Å². The summed E-state index contributed by atoms with van der Waals surface area (Å²) in [5.41, 5.74) is 2.00. The predicted molar refractivity (Wildman–Crippen MR) is 112 cm³/mol. The van der Waals surface area contributed by atoms with Gasteiger partial charge in [0.2, 0.25) is 0 Å². The van der Waals surface area contributed by atoms with Crippen LogP contribution in [-0.4, -0.2) is 18.2 Å². The van der Waals surface area contributed by atoms with Crippen molar-refractivity contribution in [2.45, 2.75) is 15.5 Å². The lowest BCUT2D eigenvalue weighted by Gasteiger charge is -2.10. The molecule has 2 nitrogen and oxygen atoms in total. The van der Waals surface area contributed by atoms with Crippen molar-refractivity contribution in [3.63, 3.8) is 0 Å². The van der Waals surface area contributed by atoms with E-state index >= 15 is 0 Å². The van der Waals surface area contributed by atoms with Crippen molar-refractivity contribution in [3.8, 4) is 0 Å². The summed E-state index contributed by atoms with van der Waals surface area (Å²) in [4.78, 5) is 14.8. The van der Waals surface area contributed by atoms with Gasteiger partial charge in [-0.15, -0.1) is 23.5 Å². The summed E-state index contributed by atoms with van der Waals surface area (Å²) in [5, 5.41) is 3.03. The highest BCUT2D eigenvalue weighted by Crippen LogP contribution is 2.26. The van der Waals surface area contributed by atoms with E-state index in [9.17, 15) is 4.79 Å². The smallest absolute Gasteiger partial charge is 0.252 e. The quantitative estimate of drug-likeness (QED) is 0.414. The second-order valence-electron chi connectivity index (χ2n) is 5.69. The number of thioether (sulfide) groups is 2. The lowest BCUT2D eigenvalue weighted by molar-refractivity contribution is 0.0953. The molecule has 0 unspecified atom stereocenters. The van der Waals surface area contributed by atoms with Crippen molar-refractivity contribution < 1.29 is 4.79 Å². The highest BCUT2D eigenvalue weighted by Gasteiger charge is 2.11. The molecular formula is C22H21NOS2. The van der Waals surface area contributed by atoms with Crippen LogP contribution in [0.1, 0.15) is 15.9 Å². The predicted octanol–water partition coefficient (Wildman–Crippen LogP) is 5.50. The Morgan fingerprint density at radius 2 is 1.42 bits per heavy atom. The maximum Gasteiger partial charge on any atom is 0.252 e. The third-order valence-corrected chi connectivity index (χ3v) is 5.93. The summed E-state index contributed by atoms with van der Waals surface area (Å²) >= 11 is 3.45. The molecule has 1 amide bonds. The molecule has 3 aromatic carbocycles. The number of rotatable bonds is 8. The van der Waals surface area contributed by atoms with Gasteiger partial charge < -0.3 is 5.32 Å². The standard InChI is InChI=1S/C22H21NOS2/c24-22(23-15-16-25-19-11-5-2-6-12-19)20-13-7-8-14-21(20)26-17-18-9-3-1-4-10-18/h1-14H,15-17H2,(H,23,24). The molecule has 3 rings (SSSR count). The first-order valence-corrected chi connectivity index (χ1v) is 10.5. The van der Waals surface area contributed by atoms with E-state index in [2.05, 4.69) is 29.6 Å². The number of carbonyl (C=O) groups excluding carboxylic acids is 1. The Balaban J connectivity index is 1.52. The van der Waals surface area contributed by atoms with E-state index in [1.54, 1.807) is 23.5 Å². The van der Waals surface area contributed by atoms with Gasteiger partial charge in [-0.3, -0.25) is 4.79 Å². The summed E-state index contributed by atoms with van der Waals surface area (Å²) in [6.45, 7) is 0.649. The van der Waals surface area contributed by atoms with Gasteiger partial charge in [0.1, 0.15) is 0 Å². The summed E-state index contributed by atoms with van der Waals surface area (Å²) in [5.74, 6) is 1.71. The van der Waals surface area contributed by atoms with E-state index in [1.807, 2.05) is 60.7 Å². The zero-order chi connectivity index (χ0) is 18.0. The van der Waals surface area contributed by atoms with Gasteiger partial charge in [0.25, 0.3) is 5.91 Å². The second kappa shape index (κ2) is 10.1. The Hall–Kier alpha value is -2.17. The van der Waals surface area contributed by atoms with Crippen LogP contribution in [-0.2, 0) is 5.75 Å². The number of carbonyl (C=O) groups is 1. The average molecular weight is 380 g/mol. The molecule has 0 spiro atoms. The van der Waals surface area contributed by atoms with Gasteiger partial charge in [-0.1, -0.05) is 60.7 Å². The zero-order valence-corrected chi connectivity index (χ0v) is 16.1. The molecule has 0 aliphatic carbocycles. The number of amides is 1. The highest BCUT2D eigenvalue weighted by molar-refractivity contribution is 7.99. The van der Waals surface area contributed by atoms with Crippen molar-refractivity contribution in [1.82, 2.24) is 5.32 Å². The Bertz CT molecular complexity index is 822. The summed E-state index contributed by atoms with van der Waals surface area (Å²) < 4.78 is 0. The molecule has 0 heterocycles. The SMILES string of the molecule is O=C(NCCSc1ccccc1)c1ccccc1SCc1ccccc1. The van der Waals surface area contributed by atoms with Crippen LogP contribution in [0.3, 0.4) is 0 Å². The number of hydrogen-bond acceptors (Lipinski definition) is 3. The van der Waals surface area contributed by atoms with Gasteiger partial charge in [0.15, 0.2) is 0 Å². The summed E-state index contributed by atoms with van der Waals surface area (Å²) in [6.07, 6.45) is 0. The van der Waals surface area contributed by atoms with Crippen molar-refractivity contribution in [2.24, 2.45) is 0 Å². The fraction of sp³-hybridized carbons (Fsp3) is 0.136. The molecule has 0 saturated carbocycles. The fourth-order valence-corrected chi connectivity index (χ4v) is 4.26. The van der Waals surface area contributed by atoms with Crippen LogP contribution in [0.25, 0.3) is 0 Å². The van der Waals surface area contributed by atoms with E-state index in [4.69, 9.17) is 0 Å². The number of nitrogens with one attached hydrogen (secondary N) is 1. The van der Waals surface area contributed by atoms with Crippen molar-refractivity contribution in [2.75, 3.05) is 12.3 Å². The minimum absolute atomic E-state index is 0.00479. The van der Waals surface area contributed by atoms with Gasteiger partial charge in [-0.25, -0.2) is 0 Å².